The third kappa shape index (κ3) is 9.99. The van der Waals surface area contributed by atoms with Crippen LogP contribution in [0.1, 0.15) is 12.8 Å². The van der Waals surface area contributed by atoms with E-state index in [9.17, 15) is 19.2 Å². The van der Waals surface area contributed by atoms with Crippen LogP contribution < -0.4 is 16.8 Å². The number of aliphatic carboxylic acids is 3. The summed E-state index contributed by atoms with van der Waals surface area (Å²) < 4.78 is 0. The van der Waals surface area contributed by atoms with Gasteiger partial charge in [0.15, 0.2) is 0 Å². The molecule has 12 heteroatoms. The Hall–Kier alpha value is -1.50. The number of hydrogen-bond acceptors (Lipinski definition) is 8. The summed E-state index contributed by atoms with van der Waals surface area (Å²) in [4.78, 5) is 43.6. The maximum atomic E-state index is 11.6. The van der Waals surface area contributed by atoms with E-state index in [0.29, 0.717) is 0 Å². The fourth-order valence-electron chi connectivity index (χ4n) is 1.16. The lowest BCUT2D eigenvalue weighted by Crippen LogP contribution is -2.43. The summed E-state index contributed by atoms with van der Waals surface area (Å²) in [6.45, 7) is 0. The van der Waals surface area contributed by atoms with E-state index in [1.54, 1.807) is 0 Å². The van der Waals surface area contributed by atoms with Gasteiger partial charge in [0, 0.05) is 17.9 Å². The molecule has 23 heavy (non-hydrogen) atoms. The average Bonchev–Trinajstić information content (AvgIpc) is 2.46. The molecule has 0 rings (SSSR count). The van der Waals surface area contributed by atoms with Gasteiger partial charge in [-0.1, -0.05) is 21.6 Å². The molecule has 0 aliphatic rings. The molecular formula is C11H19N3O7S2. The van der Waals surface area contributed by atoms with Gasteiger partial charge in [-0.05, 0) is 6.42 Å². The van der Waals surface area contributed by atoms with Crippen LogP contribution in [0, 0.1) is 0 Å². The van der Waals surface area contributed by atoms with Gasteiger partial charge >= 0.3 is 17.9 Å². The first kappa shape index (κ1) is 21.5. The molecule has 1 amide bonds. The number of carboxylic acid groups (broad SMARTS) is 3. The molecule has 0 bridgehead atoms. The molecule has 0 unspecified atom stereocenters. The predicted molar refractivity (Wildman–Crippen MR) is 84.9 cm³/mol. The molecule has 132 valence electrons. The second kappa shape index (κ2) is 11.1. The Balaban J connectivity index is 4.16. The van der Waals surface area contributed by atoms with Crippen LogP contribution in [0.5, 0.6) is 0 Å². The number of carbonyl (C=O) groups is 4. The van der Waals surface area contributed by atoms with Gasteiger partial charge in [-0.2, -0.15) is 0 Å². The van der Waals surface area contributed by atoms with Crippen molar-refractivity contribution in [1.82, 2.24) is 5.32 Å². The van der Waals surface area contributed by atoms with Crippen molar-refractivity contribution in [2.45, 2.75) is 31.0 Å². The van der Waals surface area contributed by atoms with E-state index in [2.05, 4.69) is 5.32 Å². The van der Waals surface area contributed by atoms with Gasteiger partial charge in [0.1, 0.15) is 18.1 Å². The van der Waals surface area contributed by atoms with Crippen LogP contribution in [-0.2, 0) is 19.2 Å². The molecule has 0 heterocycles. The SMILES string of the molecule is N[C@@H](CCC(=O)N[C@@H](CSSC[C@H](N)C(=O)O)C(=O)O)C(=O)O. The van der Waals surface area contributed by atoms with Crippen LogP contribution in [0.2, 0.25) is 0 Å². The van der Waals surface area contributed by atoms with Crippen molar-refractivity contribution in [3.05, 3.63) is 0 Å². The van der Waals surface area contributed by atoms with Crippen molar-refractivity contribution in [2.24, 2.45) is 11.5 Å². The fraction of sp³-hybridized carbons (Fsp3) is 0.636. The highest BCUT2D eigenvalue weighted by Gasteiger charge is 2.22. The molecule has 3 atom stereocenters. The monoisotopic (exact) mass is 369 g/mol. The van der Waals surface area contributed by atoms with Crippen LogP contribution in [0.3, 0.4) is 0 Å². The van der Waals surface area contributed by atoms with E-state index in [4.69, 9.17) is 26.8 Å². The molecule has 0 aromatic carbocycles. The number of rotatable bonds is 12. The number of amides is 1. The summed E-state index contributed by atoms with van der Waals surface area (Å²) in [5.74, 6) is -4.18. The van der Waals surface area contributed by atoms with Crippen LogP contribution in [0.25, 0.3) is 0 Å². The smallest absolute Gasteiger partial charge is 0.327 e. The van der Waals surface area contributed by atoms with Crippen LogP contribution in [0.15, 0.2) is 0 Å². The van der Waals surface area contributed by atoms with Crippen LogP contribution in [0.4, 0.5) is 0 Å². The molecule has 0 aromatic rings. The van der Waals surface area contributed by atoms with Gasteiger partial charge in [-0.15, -0.1) is 0 Å². The first-order chi connectivity index (χ1) is 10.6. The fourth-order valence-corrected chi connectivity index (χ4v) is 3.43. The number of nitrogens with two attached hydrogens (primary N) is 2. The van der Waals surface area contributed by atoms with Crippen molar-refractivity contribution in [3.8, 4) is 0 Å². The van der Waals surface area contributed by atoms with Crippen molar-refractivity contribution in [1.29, 1.82) is 0 Å². The highest BCUT2D eigenvalue weighted by molar-refractivity contribution is 8.76. The Morgan fingerprint density at radius 2 is 1.39 bits per heavy atom. The summed E-state index contributed by atoms with van der Waals surface area (Å²) in [6, 6.07) is -3.42. The number of hydrogen-bond donors (Lipinski definition) is 6. The zero-order valence-corrected chi connectivity index (χ0v) is 13.6. The van der Waals surface area contributed by atoms with Crippen molar-refractivity contribution in [2.75, 3.05) is 11.5 Å². The molecule has 0 radical (unpaired) electrons. The topological polar surface area (TPSA) is 193 Å². The van der Waals surface area contributed by atoms with E-state index in [-0.39, 0.29) is 24.3 Å². The van der Waals surface area contributed by atoms with E-state index in [0.717, 1.165) is 21.6 Å². The third-order valence-corrected chi connectivity index (χ3v) is 4.96. The zero-order chi connectivity index (χ0) is 18.0. The molecule has 8 N–H and O–H groups in total. The lowest BCUT2D eigenvalue weighted by Gasteiger charge is -2.14. The molecule has 0 fully saturated rings. The first-order valence-electron chi connectivity index (χ1n) is 6.38. The quantitative estimate of drug-likeness (QED) is 0.174. The molecule has 0 aliphatic heterocycles. The van der Waals surface area contributed by atoms with Gasteiger partial charge in [-0.3, -0.25) is 14.4 Å². The normalized spacial score (nSPS) is 14.5. The lowest BCUT2D eigenvalue weighted by molar-refractivity contribution is -0.141. The van der Waals surface area contributed by atoms with E-state index in [1.807, 2.05) is 0 Å². The maximum absolute atomic E-state index is 11.6. The molecular weight excluding hydrogens is 350 g/mol. The number of nitrogens with one attached hydrogen (secondary N) is 1. The van der Waals surface area contributed by atoms with E-state index < -0.39 is 41.9 Å². The third-order valence-electron chi connectivity index (χ3n) is 2.52. The summed E-state index contributed by atoms with van der Waals surface area (Å²) in [7, 11) is 2.15. The highest BCUT2D eigenvalue weighted by Crippen LogP contribution is 2.22. The number of carboxylic acids is 3. The highest BCUT2D eigenvalue weighted by atomic mass is 33.1. The maximum Gasteiger partial charge on any atom is 0.327 e. The Morgan fingerprint density at radius 1 is 0.870 bits per heavy atom. The second-order valence-corrected chi connectivity index (χ2v) is 7.01. The van der Waals surface area contributed by atoms with Crippen LogP contribution >= 0.6 is 21.6 Å². The lowest BCUT2D eigenvalue weighted by atomic mass is 10.1. The van der Waals surface area contributed by atoms with Crippen molar-refractivity contribution in [3.63, 3.8) is 0 Å². The Labute approximate surface area is 139 Å². The molecule has 0 aliphatic carbocycles. The standard InChI is InChI=1S/C11H19N3O7S2/c12-5(9(16)17)1-2-8(15)14-7(11(20)21)4-23-22-3-6(13)10(18)19/h5-7H,1-4,12-13H2,(H,14,15)(H,16,17)(H,18,19)(H,20,21)/t5-,6-,7-/m0/s1. The average molecular weight is 369 g/mol. The van der Waals surface area contributed by atoms with Gasteiger partial charge in [-0.25, -0.2) is 4.79 Å². The number of carbonyl (C=O) groups excluding carboxylic acids is 1. The summed E-state index contributed by atoms with van der Waals surface area (Å²) >= 11 is 0. The van der Waals surface area contributed by atoms with Gasteiger partial charge in [0.05, 0.1) is 0 Å². The molecule has 0 aromatic heterocycles. The summed E-state index contributed by atoms with van der Waals surface area (Å²) in [6.07, 6.45) is -0.318. The summed E-state index contributed by atoms with van der Waals surface area (Å²) in [5, 5.41) is 28.4. The van der Waals surface area contributed by atoms with Gasteiger partial charge in [0.2, 0.25) is 5.91 Å². The first-order valence-corrected chi connectivity index (χ1v) is 8.87. The minimum atomic E-state index is -1.25. The van der Waals surface area contributed by atoms with Crippen LogP contribution in [-0.4, -0.2) is 68.8 Å². The molecule has 0 saturated heterocycles. The Morgan fingerprint density at radius 3 is 1.87 bits per heavy atom. The molecule has 10 nitrogen and oxygen atoms in total. The molecule has 0 saturated carbocycles. The van der Waals surface area contributed by atoms with Crippen molar-refractivity contribution < 1.29 is 34.5 Å². The van der Waals surface area contributed by atoms with Gasteiger partial charge < -0.3 is 32.1 Å². The Bertz CT molecular complexity index is 449. The minimum absolute atomic E-state index is 0.00304. The summed E-state index contributed by atoms with van der Waals surface area (Å²) in [5.41, 5.74) is 10.5. The Kier molecular flexibility index (Phi) is 10.4. The van der Waals surface area contributed by atoms with Gasteiger partial charge in [0.25, 0.3) is 0 Å². The molecule has 0 spiro atoms. The largest absolute Gasteiger partial charge is 0.480 e. The van der Waals surface area contributed by atoms with E-state index in [1.165, 1.54) is 0 Å². The second-order valence-electron chi connectivity index (χ2n) is 4.46. The predicted octanol–water partition coefficient (Wildman–Crippen LogP) is -1.46. The van der Waals surface area contributed by atoms with Crippen molar-refractivity contribution >= 4 is 45.4 Å². The minimum Gasteiger partial charge on any atom is -0.480 e. The zero-order valence-electron chi connectivity index (χ0n) is 12.0. The van der Waals surface area contributed by atoms with E-state index >= 15 is 0 Å².